The zero-order valence-electron chi connectivity index (χ0n) is 11.9. The molecule has 106 valence electrons. The van der Waals surface area contributed by atoms with Crippen LogP contribution >= 0.6 is 0 Å². The number of nitrogens with zero attached hydrogens (tertiary/aromatic N) is 2. The SMILES string of the molecule is CC(C)c1nc(NN)cc(NC2(C)CCCOC2)n1. The number of hydrogen-bond acceptors (Lipinski definition) is 6. The molecule has 1 fully saturated rings. The van der Waals surface area contributed by atoms with Gasteiger partial charge in [0.2, 0.25) is 0 Å². The maximum Gasteiger partial charge on any atom is 0.145 e. The highest BCUT2D eigenvalue weighted by Crippen LogP contribution is 2.25. The summed E-state index contributed by atoms with van der Waals surface area (Å²) in [5, 5.41) is 3.46. The normalized spacial score (nSPS) is 23.4. The summed E-state index contributed by atoms with van der Waals surface area (Å²) >= 11 is 0. The topological polar surface area (TPSA) is 85.1 Å². The third-order valence-electron chi connectivity index (χ3n) is 3.28. The summed E-state index contributed by atoms with van der Waals surface area (Å²) in [4.78, 5) is 8.90. The first-order chi connectivity index (χ1) is 9.02. The molecule has 1 aliphatic heterocycles. The number of nitrogen functional groups attached to an aromatic ring is 1. The Labute approximate surface area is 114 Å². The first-order valence-electron chi connectivity index (χ1n) is 6.74. The molecule has 0 aromatic carbocycles. The van der Waals surface area contributed by atoms with E-state index in [1.54, 1.807) is 0 Å². The van der Waals surface area contributed by atoms with Gasteiger partial charge in [-0.15, -0.1) is 0 Å². The van der Waals surface area contributed by atoms with E-state index in [1.165, 1.54) is 0 Å². The monoisotopic (exact) mass is 265 g/mol. The summed E-state index contributed by atoms with van der Waals surface area (Å²) < 4.78 is 5.55. The second-order valence-corrected chi connectivity index (χ2v) is 5.64. The van der Waals surface area contributed by atoms with Crippen molar-refractivity contribution < 1.29 is 4.74 Å². The van der Waals surface area contributed by atoms with Crippen molar-refractivity contribution in [3.8, 4) is 0 Å². The zero-order chi connectivity index (χ0) is 13.9. The lowest BCUT2D eigenvalue weighted by Crippen LogP contribution is -2.43. The highest BCUT2D eigenvalue weighted by Gasteiger charge is 2.28. The fourth-order valence-electron chi connectivity index (χ4n) is 2.20. The summed E-state index contributed by atoms with van der Waals surface area (Å²) in [5.74, 6) is 7.91. The molecule has 1 aliphatic rings. The van der Waals surface area contributed by atoms with E-state index in [0.29, 0.717) is 12.4 Å². The highest BCUT2D eigenvalue weighted by atomic mass is 16.5. The number of nitrogens with two attached hydrogens (primary N) is 1. The van der Waals surface area contributed by atoms with E-state index in [1.807, 2.05) is 6.07 Å². The second kappa shape index (κ2) is 5.71. The van der Waals surface area contributed by atoms with Gasteiger partial charge in [-0.25, -0.2) is 15.8 Å². The van der Waals surface area contributed by atoms with E-state index in [0.717, 1.165) is 31.1 Å². The molecule has 0 amide bonds. The van der Waals surface area contributed by atoms with E-state index < -0.39 is 0 Å². The maximum absolute atomic E-state index is 5.55. The molecule has 19 heavy (non-hydrogen) atoms. The number of hydrazine groups is 1. The summed E-state index contributed by atoms with van der Waals surface area (Å²) in [6.07, 6.45) is 2.13. The standard InChI is InChI=1S/C13H23N5O/c1-9(2)12-15-10(7-11(16-12)18-14)17-13(3)5-4-6-19-8-13/h7,9H,4-6,8,14H2,1-3H3,(H2,15,16,17,18). The van der Waals surface area contributed by atoms with E-state index in [9.17, 15) is 0 Å². The summed E-state index contributed by atoms with van der Waals surface area (Å²) in [6, 6.07) is 1.83. The van der Waals surface area contributed by atoms with Gasteiger partial charge in [0.25, 0.3) is 0 Å². The molecule has 0 bridgehead atoms. The largest absolute Gasteiger partial charge is 0.379 e. The smallest absolute Gasteiger partial charge is 0.145 e. The summed E-state index contributed by atoms with van der Waals surface area (Å²) in [7, 11) is 0. The first kappa shape index (κ1) is 14.0. The molecule has 0 radical (unpaired) electrons. The van der Waals surface area contributed by atoms with E-state index in [2.05, 4.69) is 41.5 Å². The molecule has 2 heterocycles. The molecule has 1 saturated heterocycles. The molecule has 0 spiro atoms. The van der Waals surface area contributed by atoms with Gasteiger partial charge in [-0.2, -0.15) is 0 Å². The van der Waals surface area contributed by atoms with Crippen molar-refractivity contribution in [3.05, 3.63) is 11.9 Å². The van der Waals surface area contributed by atoms with Gasteiger partial charge >= 0.3 is 0 Å². The number of hydrogen-bond donors (Lipinski definition) is 3. The zero-order valence-corrected chi connectivity index (χ0v) is 11.9. The third-order valence-corrected chi connectivity index (χ3v) is 3.28. The highest BCUT2D eigenvalue weighted by molar-refractivity contribution is 5.48. The maximum atomic E-state index is 5.55. The Balaban J connectivity index is 2.21. The summed E-state index contributed by atoms with van der Waals surface area (Å²) in [6.45, 7) is 7.81. The average molecular weight is 265 g/mol. The third kappa shape index (κ3) is 3.54. The Morgan fingerprint density at radius 2 is 2.11 bits per heavy atom. The van der Waals surface area contributed by atoms with Crippen LogP contribution in [0, 0.1) is 0 Å². The fourth-order valence-corrected chi connectivity index (χ4v) is 2.20. The van der Waals surface area contributed by atoms with Crippen molar-refractivity contribution in [1.82, 2.24) is 9.97 Å². The molecule has 0 saturated carbocycles. The molecular formula is C13H23N5O. The fraction of sp³-hybridized carbons (Fsp3) is 0.692. The van der Waals surface area contributed by atoms with E-state index >= 15 is 0 Å². The minimum absolute atomic E-state index is 0.0767. The van der Waals surface area contributed by atoms with Gasteiger partial charge in [-0.05, 0) is 19.8 Å². The number of nitrogens with one attached hydrogen (secondary N) is 2. The van der Waals surface area contributed by atoms with Crippen molar-refractivity contribution in [2.75, 3.05) is 24.0 Å². The van der Waals surface area contributed by atoms with Crippen LogP contribution in [0.1, 0.15) is 45.4 Å². The van der Waals surface area contributed by atoms with Crippen LogP contribution in [-0.4, -0.2) is 28.7 Å². The lowest BCUT2D eigenvalue weighted by atomic mass is 9.95. The number of anilines is 2. The molecular weight excluding hydrogens is 242 g/mol. The predicted molar refractivity (Wildman–Crippen MR) is 76.0 cm³/mol. The molecule has 6 nitrogen and oxygen atoms in total. The van der Waals surface area contributed by atoms with Gasteiger partial charge in [0.05, 0.1) is 12.1 Å². The molecule has 1 aromatic heterocycles. The molecule has 4 N–H and O–H groups in total. The molecule has 1 aromatic rings. The average Bonchev–Trinajstić information content (AvgIpc) is 2.38. The molecule has 2 rings (SSSR count). The van der Waals surface area contributed by atoms with Crippen molar-refractivity contribution in [1.29, 1.82) is 0 Å². The van der Waals surface area contributed by atoms with E-state index in [4.69, 9.17) is 10.6 Å². The molecule has 0 aliphatic carbocycles. The van der Waals surface area contributed by atoms with E-state index in [-0.39, 0.29) is 11.5 Å². The van der Waals surface area contributed by atoms with Crippen LogP contribution < -0.4 is 16.6 Å². The van der Waals surface area contributed by atoms with Gasteiger partial charge < -0.3 is 15.5 Å². The van der Waals surface area contributed by atoms with Crippen LogP contribution in [-0.2, 0) is 4.74 Å². The van der Waals surface area contributed by atoms with Crippen molar-refractivity contribution in [3.63, 3.8) is 0 Å². The minimum Gasteiger partial charge on any atom is -0.379 e. The first-order valence-corrected chi connectivity index (χ1v) is 6.74. The van der Waals surface area contributed by atoms with Crippen LogP contribution in [0.15, 0.2) is 6.07 Å². The Morgan fingerprint density at radius 3 is 2.68 bits per heavy atom. The van der Waals surface area contributed by atoms with Crippen LogP contribution in [0.4, 0.5) is 11.6 Å². The van der Waals surface area contributed by atoms with Crippen LogP contribution in [0.2, 0.25) is 0 Å². The van der Waals surface area contributed by atoms with Crippen LogP contribution in [0.3, 0.4) is 0 Å². The van der Waals surface area contributed by atoms with Gasteiger partial charge in [0, 0.05) is 18.6 Å². The van der Waals surface area contributed by atoms with Gasteiger partial charge in [-0.1, -0.05) is 13.8 Å². The Hall–Kier alpha value is -1.40. The van der Waals surface area contributed by atoms with Gasteiger partial charge in [0.15, 0.2) is 0 Å². The number of ether oxygens (including phenoxy) is 1. The molecule has 1 unspecified atom stereocenters. The minimum atomic E-state index is -0.0767. The van der Waals surface area contributed by atoms with Crippen molar-refractivity contribution in [2.45, 2.75) is 45.1 Å². The Bertz CT molecular complexity index is 429. The quantitative estimate of drug-likeness (QED) is 0.569. The van der Waals surface area contributed by atoms with Gasteiger partial charge in [0.1, 0.15) is 17.5 Å². The Kier molecular flexibility index (Phi) is 4.21. The Morgan fingerprint density at radius 1 is 1.37 bits per heavy atom. The number of aromatic nitrogens is 2. The predicted octanol–water partition coefficient (Wildman–Crippen LogP) is 1.87. The molecule has 6 heteroatoms. The van der Waals surface area contributed by atoms with Crippen molar-refractivity contribution in [2.24, 2.45) is 5.84 Å². The van der Waals surface area contributed by atoms with Crippen LogP contribution in [0.5, 0.6) is 0 Å². The lowest BCUT2D eigenvalue weighted by molar-refractivity contribution is 0.0539. The summed E-state index contributed by atoms with van der Waals surface area (Å²) in [5.41, 5.74) is 2.51. The number of rotatable bonds is 4. The van der Waals surface area contributed by atoms with Gasteiger partial charge in [-0.3, -0.25) is 0 Å². The van der Waals surface area contributed by atoms with Crippen LogP contribution in [0.25, 0.3) is 0 Å². The lowest BCUT2D eigenvalue weighted by Gasteiger charge is -2.35. The second-order valence-electron chi connectivity index (χ2n) is 5.64. The molecule has 1 atom stereocenters. The van der Waals surface area contributed by atoms with Crippen molar-refractivity contribution >= 4 is 11.6 Å².